The minimum absolute atomic E-state index is 0.387. The van der Waals surface area contributed by atoms with Crippen molar-refractivity contribution in [2.24, 2.45) is 53.3 Å². The number of aryl methyl sites for hydroxylation is 4. The lowest BCUT2D eigenvalue weighted by molar-refractivity contribution is -0.133. The number of hydrogen-bond acceptors (Lipinski definition) is 4. The van der Waals surface area contributed by atoms with E-state index in [9.17, 15) is 19.2 Å². The van der Waals surface area contributed by atoms with Gasteiger partial charge in [0.1, 0.15) is 0 Å². The van der Waals surface area contributed by atoms with Crippen LogP contribution in [0.25, 0.3) is 0 Å². The van der Waals surface area contributed by atoms with E-state index in [1.54, 1.807) is 0 Å². The first-order chi connectivity index (χ1) is 30.1. The third kappa shape index (κ3) is 7.88. The van der Waals surface area contributed by atoms with Crippen LogP contribution in [0.2, 0.25) is 0 Å². The average Bonchev–Trinajstić information content (AvgIpc) is 3.25. The highest BCUT2D eigenvalue weighted by Crippen LogP contribution is 2.63. The molecule has 8 aliphatic rings. The second-order valence-electron chi connectivity index (χ2n) is 20.3. The number of para-hydroxylation sites is 2. The Hall–Kier alpha value is -5.24. The van der Waals surface area contributed by atoms with E-state index in [-0.39, 0.29) is 0 Å². The molecule has 8 saturated carbocycles. The normalized spacial score (nSPS) is 29.9. The smallest absolute Gasteiger partial charge is 0.314 e. The SMILES string of the molecule is CCc1ccccc1NC(=O)C(=O)Nc1ccccc1CCC1C2CC3CC(C2)C(c2ccc(C)c(NC(=O)C(=O)Nc4cc(C5C6CC7CC(C6)CC5C7)ccc4C)c2)C1C3. The van der Waals surface area contributed by atoms with Crippen LogP contribution in [-0.4, -0.2) is 23.6 Å². The van der Waals surface area contributed by atoms with Crippen LogP contribution in [0.5, 0.6) is 0 Å². The van der Waals surface area contributed by atoms with Gasteiger partial charge in [-0.15, -0.1) is 0 Å². The molecule has 8 bridgehead atoms. The molecule has 4 aromatic carbocycles. The van der Waals surface area contributed by atoms with Gasteiger partial charge < -0.3 is 21.3 Å². The molecule has 322 valence electrons. The van der Waals surface area contributed by atoms with Crippen LogP contribution in [0.4, 0.5) is 22.7 Å². The van der Waals surface area contributed by atoms with Gasteiger partial charge in [0.2, 0.25) is 0 Å². The third-order valence-corrected chi connectivity index (χ3v) is 16.7. The lowest BCUT2D eigenvalue weighted by atomic mass is 9.46. The topological polar surface area (TPSA) is 116 Å². The van der Waals surface area contributed by atoms with Crippen molar-refractivity contribution in [3.8, 4) is 0 Å². The summed E-state index contributed by atoms with van der Waals surface area (Å²) in [6.45, 7) is 6.03. The van der Waals surface area contributed by atoms with E-state index in [1.165, 1.54) is 68.9 Å². The Balaban J connectivity index is 0.804. The number of carbonyl (C=O) groups is 4. The molecule has 8 aliphatic carbocycles. The summed E-state index contributed by atoms with van der Waals surface area (Å²) in [5.41, 5.74) is 9.31. The van der Waals surface area contributed by atoms with Crippen molar-refractivity contribution >= 4 is 46.4 Å². The Kier molecular flexibility index (Phi) is 11.1. The van der Waals surface area contributed by atoms with Gasteiger partial charge in [-0.3, -0.25) is 19.2 Å². The van der Waals surface area contributed by atoms with Crippen molar-refractivity contribution in [1.82, 2.24) is 0 Å². The van der Waals surface area contributed by atoms with E-state index in [0.717, 1.165) is 76.8 Å². The Labute approximate surface area is 366 Å². The summed E-state index contributed by atoms with van der Waals surface area (Å²) in [5.74, 6) is 4.73. The summed E-state index contributed by atoms with van der Waals surface area (Å²) in [6.07, 6.45) is 14.3. The lowest BCUT2D eigenvalue weighted by Gasteiger charge is -2.59. The van der Waals surface area contributed by atoms with Crippen molar-refractivity contribution in [1.29, 1.82) is 0 Å². The molecule has 0 aromatic heterocycles. The molecular formula is C54H62N4O4. The van der Waals surface area contributed by atoms with Gasteiger partial charge in [-0.05, 0) is 214 Å². The molecule has 0 heterocycles. The molecular weight excluding hydrogens is 769 g/mol. The second kappa shape index (κ2) is 16.8. The Morgan fingerprint density at radius 2 is 0.935 bits per heavy atom. The Morgan fingerprint density at radius 1 is 0.484 bits per heavy atom. The van der Waals surface area contributed by atoms with Crippen molar-refractivity contribution in [2.45, 2.75) is 110 Å². The highest BCUT2D eigenvalue weighted by molar-refractivity contribution is 6.44. The van der Waals surface area contributed by atoms with Crippen molar-refractivity contribution in [3.05, 3.63) is 118 Å². The monoisotopic (exact) mass is 830 g/mol. The van der Waals surface area contributed by atoms with E-state index in [0.29, 0.717) is 52.6 Å². The molecule has 4 N–H and O–H groups in total. The molecule has 0 saturated heterocycles. The van der Waals surface area contributed by atoms with E-state index >= 15 is 0 Å². The minimum Gasteiger partial charge on any atom is -0.318 e. The lowest BCUT2D eigenvalue weighted by Crippen LogP contribution is -2.49. The predicted molar refractivity (Wildman–Crippen MR) is 246 cm³/mol. The Morgan fingerprint density at radius 3 is 1.50 bits per heavy atom. The molecule has 4 aromatic rings. The zero-order valence-corrected chi connectivity index (χ0v) is 36.6. The maximum atomic E-state index is 13.6. The largest absolute Gasteiger partial charge is 0.318 e. The van der Waals surface area contributed by atoms with E-state index in [4.69, 9.17) is 0 Å². The molecule has 4 amide bonds. The molecule has 0 radical (unpaired) electrons. The highest BCUT2D eigenvalue weighted by Gasteiger charge is 2.53. The first kappa shape index (κ1) is 40.8. The Bertz CT molecular complexity index is 2380. The maximum absolute atomic E-state index is 13.6. The molecule has 0 spiro atoms. The van der Waals surface area contributed by atoms with Crippen LogP contribution in [0.15, 0.2) is 84.9 Å². The quantitative estimate of drug-likeness (QED) is 0.119. The van der Waals surface area contributed by atoms with Gasteiger partial charge in [-0.2, -0.15) is 0 Å². The summed E-state index contributed by atoms with van der Waals surface area (Å²) in [4.78, 5) is 53.4. The van der Waals surface area contributed by atoms with Gasteiger partial charge in [0.25, 0.3) is 0 Å². The summed E-state index contributed by atoms with van der Waals surface area (Å²) in [5, 5.41) is 11.7. The maximum Gasteiger partial charge on any atom is 0.314 e. The average molecular weight is 831 g/mol. The minimum atomic E-state index is -0.675. The van der Waals surface area contributed by atoms with Crippen LogP contribution in [0, 0.1) is 67.1 Å². The fraction of sp³-hybridized carbons (Fsp3) is 0.481. The second-order valence-corrected chi connectivity index (χ2v) is 20.3. The molecule has 8 nitrogen and oxygen atoms in total. The van der Waals surface area contributed by atoms with Gasteiger partial charge >= 0.3 is 23.6 Å². The van der Waals surface area contributed by atoms with Crippen molar-refractivity contribution in [2.75, 3.05) is 21.3 Å². The zero-order chi connectivity index (χ0) is 42.6. The number of carbonyl (C=O) groups excluding carboxylic acids is 4. The van der Waals surface area contributed by atoms with E-state index in [2.05, 4.69) is 63.7 Å². The van der Waals surface area contributed by atoms with E-state index in [1.807, 2.05) is 63.2 Å². The molecule has 6 atom stereocenters. The first-order valence-corrected chi connectivity index (χ1v) is 23.7. The summed E-state index contributed by atoms with van der Waals surface area (Å²) < 4.78 is 0. The molecule has 0 aliphatic heterocycles. The predicted octanol–water partition coefficient (Wildman–Crippen LogP) is 11.0. The number of amides is 4. The van der Waals surface area contributed by atoms with Crippen LogP contribution in [0.3, 0.4) is 0 Å². The number of nitrogens with one attached hydrogen (secondary N) is 4. The molecule has 8 heteroatoms. The number of benzene rings is 4. The van der Waals surface area contributed by atoms with Crippen LogP contribution < -0.4 is 21.3 Å². The summed E-state index contributed by atoms with van der Waals surface area (Å²) >= 11 is 0. The summed E-state index contributed by atoms with van der Waals surface area (Å²) in [7, 11) is 0. The van der Waals surface area contributed by atoms with Crippen LogP contribution >= 0.6 is 0 Å². The van der Waals surface area contributed by atoms with Gasteiger partial charge in [-0.1, -0.05) is 67.6 Å². The number of rotatable bonds is 10. The zero-order valence-electron chi connectivity index (χ0n) is 36.6. The molecule has 62 heavy (non-hydrogen) atoms. The third-order valence-electron chi connectivity index (χ3n) is 16.7. The van der Waals surface area contributed by atoms with Crippen LogP contribution in [-0.2, 0) is 32.0 Å². The molecule has 8 fully saturated rings. The fourth-order valence-corrected chi connectivity index (χ4v) is 14.3. The van der Waals surface area contributed by atoms with Crippen molar-refractivity contribution in [3.63, 3.8) is 0 Å². The number of anilines is 4. The van der Waals surface area contributed by atoms with Gasteiger partial charge in [-0.25, -0.2) is 0 Å². The van der Waals surface area contributed by atoms with Crippen molar-refractivity contribution < 1.29 is 19.2 Å². The van der Waals surface area contributed by atoms with Crippen LogP contribution in [0.1, 0.15) is 116 Å². The molecule has 6 unspecified atom stereocenters. The highest BCUT2D eigenvalue weighted by atomic mass is 16.2. The number of hydrogen-bond donors (Lipinski definition) is 4. The fourth-order valence-electron chi connectivity index (χ4n) is 14.3. The van der Waals surface area contributed by atoms with Gasteiger partial charge in [0, 0.05) is 22.7 Å². The summed E-state index contributed by atoms with van der Waals surface area (Å²) in [6, 6.07) is 28.5. The first-order valence-electron chi connectivity index (χ1n) is 23.7. The molecule has 12 rings (SSSR count). The van der Waals surface area contributed by atoms with Gasteiger partial charge in [0.05, 0.1) is 0 Å². The van der Waals surface area contributed by atoms with Gasteiger partial charge in [0.15, 0.2) is 0 Å². The van der Waals surface area contributed by atoms with E-state index < -0.39 is 23.6 Å². The standard InChI is InChI=1S/C54H62N4O4/c1-4-35-9-5-7-11-45(35)55-51(59)52(60)56-46-12-8-6-10-36(46)17-18-43-39-20-34-25-42(27-39)50(44(43)26-34)38-16-14-31(3)48(29-38)58-54(62)53(61)57-47-28-37(15-13-30(47)2)49-40-21-32-19-33(23-40)24-41(49)22-32/h5-16,28-29,32-34,39-44,49-50H,4,17-27H2,1-3H3,(H,55,59)(H,56,60)(H,57,61)(H,58,62).